The quantitative estimate of drug-likeness (QED) is 0.735. The van der Waals surface area contributed by atoms with Crippen molar-refractivity contribution in [3.63, 3.8) is 0 Å². The zero-order chi connectivity index (χ0) is 18.8. The Balaban J connectivity index is 2.16. The minimum Gasteiger partial charge on any atom is -0.457 e. The van der Waals surface area contributed by atoms with Crippen LogP contribution in [-0.2, 0) is 19.1 Å². The third-order valence-corrected chi connectivity index (χ3v) is 7.10. The molecule has 5 nitrogen and oxygen atoms in total. The van der Waals surface area contributed by atoms with Crippen molar-refractivity contribution in [2.75, 3.05) is 0 Å². The lowest BCUT2D eigenvalue weighted by molar-refractivity contribution is -0.296. The number of aliphatic hydroxyl groups excluding tert-OH is 1. The molecule has 3 fully saturated rings. The summed E-state index contributed by atoms with van der Waals surface area (Å²) >= 11 is 0. The van der Waals surface area contributed by atoms with Gasteiger partial charge in [-0.15, -0.1) is 0 Å². The Morgan fingerprint density at radius 3 is 2.48 bits per heavy atom. The molecule has 3 rings (SSSR count). The fourth-order valence-electron chi connectivity index (χ4n) is 6.70. The van der Waals surface area contributed by atoms with Crippen LogP contribution in [-0.4, -0.2) is 40.8 Å². The van der Waals surface area contributed by atoms with Gasteiger partial charge in [-0.25, -0.2) is 0 Å². The molecule has 0 aromatic rings. The van der Waals surface area contributed by atoms with Gasteiger partial charge < -0.3 is 14.6 Å². The molecular weight excluding hydrogens is 320 g/mol. The number of carbonyl (C=O) groups excluding carboxylic acids is 2. The Bertz CT molecular complexity index is 585. The lowest BCUT2D eigenvalue weighted by Crippen LogP contribution is -2.74. The first kappa shape index (κ1) is 18.8. The fraction of sp³-hybridized carbons (Fsp3) is 0.900. The second-order valence-corrected chi connectivity index (χ2v) is 9.56. The molecule has 0 spiro atoms. The molecule has 1 heterocycles. The molecule has 7 unspecified atom stereocenters. The first-order chi connectivity index (χ1) is 11.4. The number of aliphatic hydroxyl groups is 1. The van der Waals surface area contributed by atoms with Crippen LogP contribution in [0.4, 0.5) is 0 Å². The van der Waals surface area contributed by atoms with Gasteiger partial charge in [0.2, 0.25) is 0 Å². The highest BCUT2D eigenvalue weighted by Gasteiger charge is 2.70. The van der Waals surface area contributed by atoms with Crippen molar-refractivity contribution in [3.8, 4) is 0 Å². The van der Waals surface area contributed by atoms with Gasteiger partial charge in [-0.3, -0.25) is 9.59 Å². The normalized spacial score (nSPS) is 49.1. The number of carbonyl (C=O) groups is 2. The molecule has 1 saturated heterocycles. The van der Waals surface area contributed by atoms with E-state index in [2.05, 4.69) is 20.8 Å². The number of hydrogen-bond donors (Lipinski definition) is 1. The van der Waals surface area contributed by atoms with Crippen molar-refractivity contribution in [2.24, 2.45) is 22.7 Å². The van der Waals surface area contributed by atoms with E-state index in [0.29, 0.717) is 6.42 Å². The second-order valence-electron chi connectivity index (χ2n) is 9.56. The largest absolute Gasteiger partial charge is 0.457 e. The Kier molecular flexibility index (Phi) is 4.36. The maximum absolute atomic E-state index is 13.2. The molecule has 25 heavy (non-hydrogen) atoms. The minimum absolute atomic E-state index is 0.114. The van der Waals surface area contributed by atoms with E-state index in [0.717, 1.165) is 19.3 Å². The van der Waals surface area contributed by atoms with Crippen LogP contribution in [0.15, 0.2) is 0 Å². The SMILES string of the molecule is CC(=O)OC1C(O)C2C(C)(C)CCCC2(C)C2C(=O)CC(C)OC12C. The third kappa shape index (κ3) is 2.66. The first-order valence-electron chi connectivity index (χ1n) is 9.49. The number of ether oxygens (including phenoxy) is 2. The van der Waals surface area contributed by atoms with E-state index < -0.39 is 23.8 Å². The summed E-state index contributed by atoms with van der Waals surface area (Å²) in [6.45, 7) is 11.5. The molecule has 142 valence electrons. The molecule has 5 heteroatoms. The van der Waals surface area contributed by atoms with Crippen molar-refractivity contribution in [1.29, 1.82) is 0 Å². The van der Waals surface area contributed by atoms with Gasteiger partial charge in [-0.2, -0.15) is 0 Å². The smallest absolute Gasteiger partial charge is 0.303 e. The van der Waals surface area contributed by atoms with Gasteiger partial charge in [0.25, 0.3) is 0 Å². The number of rotatable bonds is 1. The summed E-state index contributed by atoms with van der Waals surface area (Å²) in [5.74, 6) is -0.753. The minimum atomic E-state index is -0.988. The first-order valence-corrected chi connectivity index (χ1v) is 9.49. The van der Waals surface area contributed by atoms with Gasteiger partial charge in [0.05, 0.1) is 18.1 Å². The summed E-state index contributed by atoms with van der Waals surface area (Å²) < 4.78 is 11.9. The topological polar surface area (TPSA) is 72.8 Å². The Labute approximate surface area is 150 Å². The molecule has 3 aliphatic rings. The lowest BCUT2D eigenvalue weighted by atomic mass is 9.43. The van der Waals surface area contributed by atoms with Gasteiger partial charge in [0, 0.05) is 13.3 Å². The molecule has 1 aliphatic heterocycles. The molecule has 2 saturated carbocycles. The standard InChI is InChI=1S/C20H32O5/c1-11-10-13(22)15-19(5)9-7-8-18(3,4)16(19)14(23)17(24-12(2)21)20(15,6)25-11/h11,14-17,23H,7-10H2,1-6H3. The summed E-state index contributed by atoms with van der Waals surface area (Å²) in [6, 6.07) is 0. The van der Waals surface area contributed by atoms with Crippen molar-refractivity contribution in [3.05, 3.63) is 0 Å². The van der Waals surface area contributed by atoms with Crippen LogP contribution in [0.5, 0.6) is 0 Å². The highest BCUT2D eigenvalue weighted by Crippen LogP contribution is 2.64. The summed E-state index contributed by atoms with van der Waals surface area (Å²) in [5.41, 5.74) is -1.47. The van der Waals surface area contributed by atoms with E-state index in [-0.39, 0.29) is 34.6 Å². The average molecular weight is 352 g/mol. The van der Waals surface area contributed by atoms with E-state index >= 15 is 0 Å². The zero-order valence-electron chi connectivity index (χ0n) is 16.3. The molecule has 1 N–H and O–H groups in total. The van der Waals surface area contributed by atoms with Gasteiger partial charge in [-0.1, -0.05) is 27.2 Å². The van der Waals surface area contributed by atoms with Crippen molar-refractivity contribution < 1.29 is 24.2 Å². The average Bonchev–Trinajstić information content (AvgIpc) is 2.40. The number of fused-ring (bicyclic) bond motifs is 3. The van der Waals surface area contributed by atoms with Crippen LogP contribution in [0.3, 0.4) is 0 Å². The molecule has 0 aromatic carbocycles. The van der Waals surface area contributed by atoms with Crippen LogP contribution in [0.2, 0.25) is 0 Å². The molecule has 0 radical (unpaired) electrons. The van der Waals surface area contributed by atoms with E-state index in [1.165, 1.54) is 6.92 Å². The van der Waals surface area contributed by atoms with Crippen LogP contribution in [0, 0.1) is 22.7 Å². The van der Waals surface area contributed by atoms with Crippen LogP contribution < -0.4 is 0 Å². The van der Waals surface area contributed by atoms with Crippen molar-refractivity contribution >= 4 is 11.8 Å². The number of esters is 1. The number of hydrogen-bond acceptors (Lipinski definition) is 5. The van der Waals surface area contributed by atoms with Crippen LogP contribution >= 0.6 is 0 Å². The molecule has 2 aliphatic carbocycles. The molecule has 0 amide bonds. The Morgan fingerprint density at radius 1 is 1.24 bits per heavy atom. The lowest BCUT2D eigenvalue weighted by Gasteiger charge is -2.66. The van der Waals surface area contributed by atoms with Crippen LogP contribution in [0.1, 0.15) is 67.2 Å². The predicted octanol–water partition coefficient (Wildman–Crippen LogP) is 2.88. The van der Waals surface area contributed by atoms with E-state index in [4.69, 9.17) is 9.47 Å². The van der Waals surface area contributed by atoms with Crippen molar-refractivity contribution in [2.45, 2.75) is 91.1 Å². The van der Waals surface area contributed by atoms with Gasteiger partial charge in [0.15, 0.2) is 6.10 Å². The number of Topliss-reactive ketones (excluding diaryl/α,β-unsaturated/α-hetero) is 1. The summed E-state index contributed by atoms with van der Waals surface area (Å²) in [5, 5.41) is 11.3. The molecular formula is C20H32O5. The third-order valence-electron chi connectivity index (χ3n) is 7.10. The highest BCUT2D eigenvalue weighted by atomic mass is 16.6. The maximum atomic E-state index is 13.2. The van der Waals surface area contributed by atoms with Gasteiger partial charge in [0.1, 0.15) is 11.4 Å². The van der Waals surface area contributed by atoms with E-state index in [1.54, 1.807) is 0 Å². The second kappa shape index (κ2) is 5.78. The van der Waals surface area contributed by atoms with Gasteiger partial charge >= 0.3 is 5.97 Å². The van der Waals surface area contributed by atoms with E-state index in [9.17, 15) is 14.7 Å². The van der Waals surface area contributed by atoms with Crippen LogP contribution in [0.25, 0.3) is 0 Å². The Morgan fingerprint density at radius 2 is 1.88 bits per heavy atom. The van der Waals surface area contributed by atoms with Crippen molar-refractivity contribution in [1.82, 2.24) is 0 Å². The summed E-state index contributed by atoms with van der Waals surface area (Å²) in [6.07, 6.45) is 1.38. The summed E-state index contributed by atoms with van der Waals surface area (Å²) in [4.78, 5) is 24.9. The zero-order valence-corrected chi connectivity index (χ0v) is 16.3. The maximum Gasteiger partial charge on any atom is 0.303 e. The summed E-state index contributed by atoms with van der Waals surface area (Å²) in [7, 11) is 0. The highest BCUT2D eigenvalue weighted by molar-refractivity contribution is 5.85. The molecule has 0 aromatic heterocycles. The monoisotopic (exact) mass is 352 g/mol. The Hall–Kier alpha value is -0.940. The molecule has 7 atom stereocenters. The molecule has 0 bridgehead atoms. The van der Waals surface area contributed by atoms with Gasteiger partial charge in [-0.05, 0) is 43.4 Å². The predicted molar refractivity (Wildman–Crippen MR) is 92.9 cm³/mol. The fourth-order valence-corrected chi connectivity index (χ4v) is 6.70. The number of ketones is 1. The van der Waals surface area contributed by atoms with E-state index in [1.807, 2.05) is 13.8 Å².